The Balaban J connectivity index is 2.30. The Kier molecular flexibility index (Phi) is 4.57. The van der Waals surface area contributed by atoms with Gasteiger partial charge in [-0.3, -0.25) is 0 Å². The molecule has 1 heteroatoms. The predicted molar refractivity (Wildman–Crippen MR) is 59.4 cm³/mol. The smallest absolute Gasteiger partial charge is 0.0207 e. The Morgan fingerprint density at radius 2 is 2.17 bits per heavy atom. The van der Waals surface area contributed by atoms with Gasteiger partial charge in [0.15, 0.2) is 0 Å². The Morgan fingerprint density at radius 1 is 1.42 bits per heavy atom. The minimum absolute atomic E-state index is 0.455. The van der Waals surface area contributed by atoms with E-state index in [2.05, 4.69) is 20.8 Å². The molecule has 1 aliphatic heterocycles. The van der Waals surface area contributed by atoms with E-state index >= 15 is 0 Å². The zero-order chi connectivity index (χ0) is 8.97. The van der Waals surface area contributed by atoms with Crippen LogP contribution in [0.2, 0.25) is 0 Å². The molecule has 0 aromatic carbocycles. The largest absolute Gasteiger partial charge is 0.104 e. The maximum Gasteiger partial charge on any atom is -0.0207 e. The van der Waals surface area contributed by atoms with Crippen LogP contribution in [0.5, 0.6) is 0 Å². The van der Waals surface area contributed by atoms with Crippen LogP contribution in [0, 0.1) is 5.92 Å². The van der Waals surface area contributed by atoms with Gasteiger partial charge in [0.2, 0.25) is 0 Å². The summed E-state index contributed by atoms with van der Waals surface area (Å²) in [6.07, 6.45) is 9.04. The van der Waals surface area contributed by atoms with E-state index in [9.17, 15) is 0 Å². The van der Waals surface area contributed by atoms with Crippen molar-refractivity contribution in [3.8, 4) is 0 Å². The standard InChI is InChI=1S/C11H23P/c1-4-10(3)9-11-7-6-8-12(11)5-2/h10-11H,4-9H2,1-3H3. The lowest BCUT2D eigenvalue weighted by Crippen LogP contribution is -2.07. The highest BCUT2D eigenvalue weighted by Gasteiger charge is 2.25. The number of hydrogen-bond acceptors (Lipinski definition) is 0. The van der Waals surface area contributed by atoms with Crippen LogP contribution in [-0.2, 0) is 0 Å². The maximum absolute atomic E-state index is 2.42. The Morgan fingerprint density at radius 3 is 2.75 bits per heavy atom. The van der Waals surface area contributed by atoms with E-state index in [1.165, 1.54) is 25.4 Å². The van der Waals surface area contributed by atoms with Gasteiger partial charge in [-0.2, -0.15) is 0 Å². The summed E-state index contributed by atoms with van der Waals surface area (Å²) < 4.78 is 0. The zero-order valence-electron chi connectivity index (χ0n) is 8.84. The molecule has 1 fully saturated rings. The van der Waals surface area contributed by atoms with Crippen LogP contribution in [0.25, 0.3) is 0 Å². The summed E-state index contributed by atoms with van der Waals surface area (Å²) in [4.78, 5) is 0. The summed E-state index contributed by atoms with van der Waals surface area (Å²) in [7, 11) is 0.455. The minimum atomic E-state index is 0.455. The Bertz CT molecular complexity index is 122. The molecule has 1 heterocycles. The second-order valence-electron chi connectivity index (χ2n) is 4.17. The minimum Gasteiger partial charge on any atom is -0.104 e. The second kappa shape index (κ2) is 5.22. The van der Waals surface area contributed by atoms with E-state index in [1.54, 1.807) is 12.6 Å². The van der Waals surface area contributed by atoms with E-state index in [-0.39, 0.29) is 0 Å². The van der Waals surface area contributed by atoms with Crippen molar-refractivity contribution >= 4 is 7.92 Å². The van der Waals surface area contributed by atoms with Crippen LogP contribution in [0.4, 0.5) is 0 Å². The lowest BCUT2D eigenvalue weighted by atomic mass is 10.0. The van der Waals surface area contributed by atoms with Gasteiger partial charge in [0.25, 0.3) is 0 Å². The third kappa shape index (κ3) is 2.73. The van der Waals surface area contributed by atoms with Crippen LogP contribution in [0.3, 0.4) is 0 Å². The molecular weight excluding hydrogens is 163 g/mol. The molecule has 3 atom stereocenters. The highest BCUT2D eigenvalue weighted by atomic mass is 31.1. The highest BCUT2D eigenvalue weighted by Crippen LogP contribution is 2.51. The first kappa shape index (κ1) is 10.5. The fourth-order valence-electron chi connectivity index (χ4n) is 2.21. The van der Waals surface area contributed by atoms with Gasteiger partial charge in [-0.05, 0) is 43.2 Å². The molecule has 0 nitrogen and oxygen atoms in total. The van der Waals surface area contributed by atoms with E-state index in [0.717, 1.165) is 11.6 Å². The Labute approximate surface area is 78.9 Å². The first-order valence-electron chi connectivity index (χ1n) is 5.52. The van der Waals surface area contributed by atoms with Gasteiger partial charge in [0.05, 0.1) is 0 Å². The lowest BCUT2D eigenvalue weighted by molar-refractivity contribution is 0.496. The second-order valence-corrected chi connectivity index (χ2v) is 7.16. The third-order valence-electron chi connectivity index (χ3n) is 3.28. The van der Waals surface area contributed by atoms with Crippen molar-refractivity contribution in [3.63, 3.8) is 0 Å². The molecule has 1 rings (SSSR count). The molecule has 3 unspecified atom stereocenters. The lowest BCUT2D eigenvalue weighted by Gasteiger charge is -2.21. The molecule has 0 radical (unpaired) electrons. The van der Waals surface area contributed by atoms with Crippen molar-refractivity contribution in [2.75, 3.05) is 12.3 Å². The van der Waals surface area contributed by atoms with Gasteiger partial charge in [-0.1, -0.05) is 27.2 Å². The van der Waals surface area contributed by atoms with Gasteiger partial charge in [-0.15, -0.1) is 7.92 Å². The van der Waals surface area contributed by atoms with Crippen LogP contribution in [0.15, 0.2) is 0 Å². The maximum atomic E-state index is 2.42. The van der Waals surface area contributed by atoms with Crippen LogP contribution < -0.4 is 0 Å². The van der Waals surface area contributed by atoms with Crippen LogP contribution >= 0.6 is 7.92 Å². The summed E-state index contributed by atoms with van der Waals surface area (Å²) in [6, 6.07) is 0. The molecule has 0 aromatic rings. The van der Waals surface area contributed by atoms with Crippen LogP contribution in [0.1, 0.15) is 46.5 Å². The number of hydrogen-bond donors (Lipinski definition) is 0. The first-order chi connectivity index (χ1) is 5.77. The van der Waals surface area contributed by atoms with Crippen molar-refractivity contribution in [3.05, 3.63) is 0 Å². The zero-order valence-corrected chi connectivity index (χ0v) is 9.74. The molecule has 0 spiro atoms. The van der Waals surface area contributed by atoms with E-state index < -0.39 is 0 Å². The highest BCUT2D eigenvalue weighted by molar-refractivity contribution is 7.58. The summed E-state index contributed by atoms with van der Waals surface area (Å²) in [6.45, 7) is 7.13. The van der Waals surface area contributed by atoms with Gasteiger partial charge in [-0.25, -0.2) is 0 Å². The predicted octanol–water partition coefficient (Wildman–Crippen LogP) is 4.09. The monoisotopic (exact) mass is 186 g/mol. The van der Waals surface area contributed by atoms with E-state index in [0.29, 0.717) is 7.92 Å². The molecule has 0 N–H and O–H groups in total. The molecule has 0 bridgehead atoms. The van der Waals surface area contributed by atoms with E-state index in [4.69, 9.17) is 0 Å². The van der Waals surface area contributed by atoms with Gasteiger partial charge < -0.3 is 0 Å². The molecule has 12 heavy (non-hydrogen) atoms. The summed E-state index contributed by atoms with van der Waals surface area (Å²) in [5, 5.41) is 0. The molecule has 0 saturated carbocycles. The molecule has 0 aromatic heterocycles. The van der Waals surface area contributed by atoms with Crippen molar-refractivity contribution in [2.45, 2.75) is 52.1 Å². The fraction of sp³-hybridized carbons (Fsp3) is 1.00. The third-order valence-corrected chi connectivity index (χ3v) is 6.48. The molecule has 0 aliphatic carbocycles. The molecule has 1 aliphatic rings. The Hall–Kier alpha value is 0.430. The SMILES string of the molecule is CCC(C)CC1CCCP1CC. The summed E-state index contributed by atoms with van der Waals surface area (Å²) in [5.74, 6) is 0.977. The average molecular weight is 186 g/mol. The topological polar surface area (TPSA) is 0 Å². The fourth-order valence-corrected chi connectivity index (χ4v) is 5.20. The molecule has 0 amide bonds. The van der Waals surface area contributed by atoms with Crippen molar-refractivity contribution < 1.29 is 0 Å². The van der Waals surface area contributed by atoms with Crippen molar-refractivity contribution in [1.82, 2.24) is 0 Å². The summed E-state index contributed by atoms with van der Waals surface area (Å²) in [5.41, 5.74) is 1.14. The summed E-state index contributed by atoms with van der Waals surface area (Å²) >= 11 is 0. The van der Waals surface area contributed by atoms with Gasteiger partial charge in [0.1, 0.15) is 0 Å². The van der Waals surface area contributed by atoms with E-state index in [1.807, 2.05) is 0 Å². The molecular formula is C11H23P. The number of rotatable bonds is 4. The van der Waals surface area contributed by atoms with Crippen molar-refractivity contribution in [2.24, 2.45) is 5.92 Å². The molecule has 1 saturated heterocycles. The average Bonchev–Trinajstić information content (AvgIpc) is 2.51. The first-order valence-corrected chi connectivity index (χ1v) is 7.30. The van der Waals surface area contributed by atoms with Gasteiger partial charge >= 0.3 is 0 Å². The van der Waals surface area contributed by atoms with Crippen molar-refractivity contribution in [1.29, 1.82) is 0 Å². The normalized spacial score (nSPS) is 32.2. The van der Waals surface area contributed by atoms with Crippen LogP contribution in [-0.4, -0.2) is 18.0 Å². The van der Waals surface area contributed by atoms with Gasteiger partial charge in [0, 0.05) is 0 Å². The molecule has 72 valence electrons. The quantitative estimate of drug-likeness (QED) is 0.580.